The molecule has 140 valence electrons. The molecule has 0 saturated carbocycles. The molecule has 2 aromatic carbocycles. The van der Waals surface area contributed by atoms with Crippen LogP contribution in [0.1, 0.15) is 17.5 Å². The number of halogens is 2. The molecule has 2 N–H and O–H groups in total. The largest absolute Gasteiger partial charge is 0.506 e. The molecule has 0 spiro atoms. The Kier molecular flexibility index (Phi) is 6.48. The van der Waals surface area contributed by atoms with E-state index in [1.54, 1.807) is 18.2 Å². The Morgan fingerprint density at radius 1 is 1.12 bits per heavy atom. The Morgan fingerprint density at radius 3 is 2.65 bits per heavy atom. The number of piperazine rings is 1. The molecule has 1 fully saturated rings. The summed E-state index contributed by atoms with van der Waals surface area (Å²) in [7, 11) is 0. The molecule has 2 aromatic rings. The minimum Gasteiger partial charge on any atom is -0.506 e. The zero-order valence-corrected chi connectivity index (χ0v) is 15.4. The first-order valence-corrected chi connectivity index (χ1v) is 9.22. The summed E-state index contributed by atoms with van der Waals surface area (Å²) in [6, 6.07) is 12.3. The Morgan fingerprint density at radius 2 is 1.92 bits per heavy atom. The van der Waals surface area contributed by atoms with Crippen LogP contribution in [0.3, 0.4) is 0 Å². The monoisotopic (exact) mass is 378 g/mol. The van der Waals surface area contributed by atoms with Gasteiger partial charge in [0.2, 0.25) is 0 Å². The fourth-order valence-electron chi connectivity index (χ4n) is 3.48. The Hall–Kier alpha value is -1.66. The lowest BCUT2D eigenvalue weighted by Crippen LogP contribution is -2.52. The Balaban J connectivity index is 1.65. The van der Waals surface area contributed by atoms with E-state index in [0.29, 0.717) is 23.6 Å². The smallest absolute Gasteiger partial charge is 0.134 e. The van der Waals surface area contributed by atoms with Crippen molar-refractivity contribution in [3.63, 3.8) is 0 Å². The first-order chi connectivity index (χ1) is 12.6. The molecule has 0 amide bonds. The van der Waals surface area contributed by atoms with Crippen LogP contribution >= 0.6 is 11.6 Å². The summed E-state index contributed by atoms with van der Waals surface area (Å²) in [4.78, 5) is 4.55. The molecule has 1 aliphatic heterocycles. The van der Waals surface area contributed by atoms with E-state index in [0.717, 1.165) is 31.7 Å². The fraction of sp³-hybridized carbons (Fsp3) is 0.400. The van der Waals surface area contributed by atoms with E-state index in [1.807, 2.05) is 18.2 Å². The second-order valence-electron chi connectivity index (χ2n) is 6.75. The highest BCUT2D eigenvalue weighted by Crippen LogP contribution is 2.25. The van der Waals surface area contributed by atoms with E-state index in [2.05, 4.69) is 9.80 Å². The first-order valence-electron chi connectivity index (χ1n) is 8.85. The van der Waals surface area contributed by atoms with E-state index in [4.69, 9.17) is 11.6 Å². The van der Waals surface area contributed by atoms with Crippen LogP contribution in [-0.2, 0) is 13.1 Å². The van der Waals surface area contributed by atoms with E-state index >= 15 is 0 Å². The van der Waals surface area contributed by atoms with Crippen molar-refractivity contribution in [1.82, 2.24) is 9.80 Å². The Bertz CT molecular complexity index is 744. The van der Waals surface area contributed by atoms with Crippen LogP contribution in [0, 0.1) is 5.82 Å². The number of hydrogen-bond acceptors (Lipinski definition) is 4. The first kappa shape index (κ1) is 19.1. The molecular weight excluding hydrogens is 355 g/mol. The topological polar surface area (TPSA) is 46.9 Å². The summed E-state index contributed by atoms with van der Waals surface area (Å²) in [6.45, 7) is 3.86. The molecular formula is C20H24ClFN2O2. The third-order valence-corrected chi connectivity index (χ3v) is 5.20. The van der Waals surface area contributed by atoms with Gasteiger partial charge in [0.1, 0.15) is 11.6 Å². The van der Waals surface area contributed by atoms with Crippen molar-refractivity contribution in [2.45, 2.75) is 25.6 Å². The van der Waals surface area contributed by atoms with Gasteiger partial charge in [-0.2, -0.15) is 0 Å². The highest BCUT2D eigenvalue weighted by Gasteiger charge is 2.27. The van der Waals surface area contributed by atoms with Crippen molar-refractivity contribution in [3.8, 4) is 5.75 Å². The van der Waals surface area contributed by atoms with Gasteiger partial charge in [0.15, 0.2) is 0 Å². The maximum absolute atomic E-state index is 14.0. The summed E-state index contributed by atoms with van der Waals surface area (Å²) >= 11 is 5.99. The van der Waals surface area contributed by atoms with Crippen LogP contribution in [-0.4, -0.2) is 52.3 Å². The predicted molar refractivity (Wildman–Crippen MR) is 101 cm³/mol. The van der Waals surface area contributed by atoms with E-state index in [1.165, 1.54) is 6.07 Å². The van der Waals surface area contributed by atoms with Crippen molar-refractivity contribution in [3.05, 3.63) is 64.4 Å². The SMILES string of the molecule is OCCC1CN(Cc2ccc(O)c(Cl)c2)CCN1Cc1ccccc1F. The lowest BCUT2D eigenvalue weighted by Gasteiger charge is -2.41. The number of aromatic hydroxyl groups is 1. The number of rotatable bonds is 6. The van der Waals surface area contributed by atoms with Gasteiger partial charge in [-0.1, -0.05) is 35.9 Å². The van der Waals surface area contributed by atoms with Crippen molar-refractivity contribution < 1.29 is 14.6 Å². The number of aliphatic hydroxyl groups excluding tert-OH is 1. The minimum absolute atomic E-state index is 0.0864. The van der Waals surface area contributed by atoms with Crippen LogP contribution < -0.4 is 0 Å². The molecule has 1 atom stereocenters. The molecule has 0 bridgehead atoms. The zero-order chi connectivity index (χ0) is 18.5. The van der Waals surface area contributed by atoms with E-state index in [9.17, 15) is 14.6 Å². The predicted octanol–water partition coefficient (Wildman–Crippen LogP) is 3.25. The Labute approximate surface area is 158 Å². The van der Waals surface area contributed by atoms with Gasteiger partial charge < -0.3 is 10.2 Å². The van der Waals surface area contributed by atoms with Gasteiger partial charge in [-0.25, -0.2) is 4.39 Å². The van der Waals surface area contributed by atoms with Gasteiger partial charge in [-0.05, 0) is 30.2 Å². The molecule has 1 heterocycles. The third-order valence-electron chi connectivity index (χ3n) is 4.90. The average Bonchev–Trinajstić information content (AvgIpc) is 2.62. The van der Waals surface area contributed by atoms with Crippen LogP contribution in [0.25, 0.3) is 0 Å². The van der Waals surface area contributed by atoms with Gasteiger partial charge in [0.25, 0.3) is 0 Å². The highest BCUT2D eigenvalue weighted by atomic mass is 35.5. The quantitative estimate of drug-likeness (QED) is 0.810. The van der Waals surface area contributed by atoms with Crippen molar-refractivity contribution >= 4 is 11.6 Å². The normalized spacial score (nSPS) is 19.0. The number of aliphatic hydroxyl groups is 1. The molecule has 0 aromatic heterocycles. The summed E-state index contributed by atoms with van der Waals surface area (Å²) in [5.41, 5.74) is 1.73. The third kappa shape index (κ3) is 4.74. The van der Waals surface area contributed by atoms with Gasteiger partial charge in [0, 0.05) is 50.9 Å². The van der Waals surface area contributed by atoms with E-state index in [-0.39, 0.29) is 24.2 Å². The minimum atomic E-state index is -0.184. The molecule has 1 unspecified atom stereocenters. The van der Waals surface area contributed by atoms with Crippen molar-refractivity contribution in [1.29, 1.82) is 0 Å². The highest BCUT2D eigenvalue weighted by molar-refractivity contribution is 6.32. The summed E-state index contributed by atoms with van der Waals surface area (Å²) in [5, 5.41) is 19.3. The molecule has 3 rings (SSSR count). The van der Waals surface area contributed by atoms with Crippen LogP contribution in [0.15, 0.2) is 42.5 Å². The number of hydrogen-bond donors (Lipinski definition) is 2. The van der Waals surface area contributed by atoms with Gasteiger partial charge >= 0.3 is 0 Å². The maximum atomic E-state index is 14.0. The molecule has 0 aliphatic carbocycles. The molecule has 4 nitrogen and oxygen atoms in total. The molecule has 0 radical (unpaired) electrons. The summed E-state index contributed by atoms with van der Waals surface area (Å²) < 4.78 is 14.0. The lowest BCUT2D eigenvalue weighted by molar-refractivity contribution is 0.0493. The van der Waals surface area contributed by atoms with Crippen molar-refractivity contribution in [2.75, 3.05) is 26.2 Å². The number of nitrogens with zero attached hydrogens (tertiary/aromatic N) is 2. The molecule has 26 heavy (non-hydrogen) atoms. The molecule has 6 heteroatoms. The maximum Gasteiger partial charge on any atom is 0.134 e. The summed E-state index contributed by atoms with van der Waals surface area (Å²) in [5.74, 6) is -0.0975. The fourth-order valence-corrected chi connectivity index (χ4v) is 3.69. The number of phenols is 1. The average molecular weight is 379 g/mol. The standard InChI is InChI=1S/C20H24ClFN2O2/c21-18-11-15(5-6-20(18)26)12-23-8-9-24(17(14-23)7-10-25)13-16-3-1-2-4-19(16)22/h1-6,11,17,25-26H,7-10,12-14H2. The lowest BCUT2D eigenvalue weighted by atomic mass is 10.1. The van der Waals surface area contributed by atoms with Gasteiger partial charge in [-0.15, -0.1) is 0 Å². The van der Waals surface area contributed by atoms with Crippen LogP contribution in [0.4, 0.5) is 4.39 Å². The molecule has 1 saturated heterocycles. The van der Waals surface area contributed by atoms with Crippen molar-refractivity contribution in [2.24, 2.45) is 0 Å². The second-order valence-corrected chi connectivity index (χ2v) is 7.16. The van der Waals surface area contributed by atoms with Crippen LogP contribution in [0.2, 0.25) is 5.02 Å². The van der Waals surface area contributed by atoms with Gasteiger partial charge in [0.05, 0.1) is 5.02 Å². The second kappa shape index (κ2) is 8.82. The summed E-state index contributed by atoms with van der Waals surface area (Å²) in [6.07, 6.45) is 0.654. The number of phenolic OH excluding ortho intramolecular Hbond substituents is 1. The van der Waals surface area contributed by atoms with Crippen LogP contribution in [0.5, 0.6) is 5.75 Å². The molecule has 1 aliphatic rings. The zero-order valence-electron chi connectivity index (χ0n) is 14.6. The van der Waals surface area contributed by atoms with E-state index < -0.39 is 0 Å². The number of benzene rings is 2. The van der Waals surface area contributed by atoms with Gasteiger partial charge in [-0.3, -0.25) is 9.80 Å².